The minimum Gasteiger partial charge on any atom is -0.480 e. The van der Waals surface area contributed by atoms with E-state index in [1.807, 2.05) is 24.3 Å². The lowest BCUT2D eigenvalue weighted by Crippen LogP contribution is -2.45. The van der Waals surface area contributed by atoms with Crippen molar-refractivity contribution in [3.8, 4) is 0 Å². The second-order valence-electron chi connectivity index (χ2n) is 6.67. The summed E-state index contributed by atoms with van der Waals surface area (Å²) in [5, 5.41) is 9.78. The number of benzene rings is 2. The van der Waals surface area contributed by atoms with Crippen LogP contribution < -0.4 is 4.90 Å². The number of fused-ring (bicyclic) bond motifs is 1. The number of aliphatic carboxylic acids is 1. The van der Waals surface area contributed by atoms with Crippen molar-refractivity contribution in [1.29, 1.82) is 0 Å². The largest absolute Gasteiger partial charge is 0.480 e. The van der Waals surface area contributed by atoms with Gasteiger partial charge in [0.05, 0.1) is 16.2 Å². The van der Waals surface area contributed by atoms with Crippen LogP contribution in [-0.2, 0) is 20.8 Å². The molecule has 0 radical (unpaired) electrons. The molecule has 146 valence electrons. The lowest BCUT2D eigenvalue weighted by Gasteiger charge is -2.23. The molecule has 2 aliphatic heterocycles. The standard InChI is InChI=1S/C21H16N2O4S2/c1-22-14-10-6-5-9-13(14)16(18(22)24)17-19(25)23(21(28)29-17)15(20(26)27)11-12-7-3-2-4-8-12/h2-10,15H,11H2,1H3,(H,26,27)/b17-16-/t15-/m0/s1. The average Bonchev–Trinajstić information content (AvgIpc) is 3.14. The third-order valence-electron chi connectivity index (χ3n) is 4.95. The maximum Gasteiger partial charge on any atom is 0.327 e. The summed E-state index contributed by atoms with van der Waals surface area (Å²) >= 11 is 6.34. The van der Waals surface area contributed by atoms with E-state index < -0.39 is 17.9 Å². The van der Waals surface area contributed by atoms with Gasteiger partial charge in [-0.1, -0.05) is 72.5 Å². The maximum absolute atomic E-state index is 13.2. The molecule has 0 aliphatic carbocycles. The van der Waals surface area contributed by atoms with Gasteiger partial charge < -0.3 is 10.0 Å². The first-order chi connectivity index (χ1) is 13.9. The molecule has 1 N–H and O–H groups in total. The number of thioether (sulfide) groups is 1. The number of thiocarbonyl (C=S) groups is 1. The van der Waals surface area contributed by atoms with Crippen LogP contribution in [0.1, 0.15) is 11.1 Å². The zero-order valence-electron chi connectivity index (χ0n) is 15.4. The lowest BCUT2D eigenvalue weighted by atomic mass is 10.0. The smallest absolute Gasteiger partial charge is 0.327 e. The zero-order valence-corrected chi connectivity index (χ0v) is 17.0. The van der Waals surface area contributed by atoms with Gasteiger partial charge in [-0.3, -0.25) is 14.5 Å². The molecule has 2 aromatic rings. The lowest BCUT2D eigenvalue weighted by molar-refractivity contribution is -0.145. The summed E-state index contributed by atoms with van der Waals surface area (Å²) < 4.78 is 0.140. The highest BCUT2D eigenvalue weighted by Crippen LogP contribution is 2.44. The van der Waals surface area contributed by atoms with Crippen LogP contribution in [0.25, 0.3) is 5.57 Å². The molecule has 1 atom stereocenters. The number of likely N-dealkylation sites (N-methyl/N-ethyl adjacent to an activating group) is 1. The highest BCUT2D eigenvalue weighted by molar-refractivity contribution is 8.26. The van der Waals surface area contributed by atoms with Crippen LogP contribution in [0.2, 0.25) is 0 Å². The number of carboxylic acids is 1. The third-order valence-corrected chi connectivity index (χ3v) is 6.35. The zero-order chi connectivity index (χ0) is 20.7. The van der Waals surface area contributed by atoms with Crippen LogP contribution >= 0.6 is 24.0 Å². The van der Waals surface area contributed by atoms with Gasteiger partial charge in [0.1, 0.15) is 10.4 Å². The van der Waals surface area contributed by atoms with Crippen LogP contribution in [0.4, 0.5) is 5.69 Å². The Kier molecular flexibility index (Phi) is 4.97. The number of rotatable bonds is 4. The first-order valence-electron chi connectivity index (χ1n) is 8.84. The molecular formula is C21H16N2O4S2. The first-order valence-corrected chi connectivity index (χ1v) is 10.1. The van der Waals surface area contributed by atoms with E-state index in [4.69, 9.17) is 12.2 Å². The highest BCUT2D eigenvalue weighted by atomic mass is 32.2. The summed E-state index contributed by atoms with van der Waals surface area (Å²) in [6.07, 6.45) is 0.121. The number of hydrogen-bond donors (Lipinski definition) is 1. The number of hydrogen-bond acceptors (Lipinski definition) is 5. The predicted octanol–water partition coefficient (Wildman–Crippen LogP) is 2.93. The minimum atomic E-state index is -1.15. The van der Waals surface area contributed by atoms with Gasteiger partial charge in [-0.15, -0.1) is 0 Å². The number of carbonyl (C=O) groups excluding carboxylic acids is 2. The molecule has 2 amide bonds. The van der Waals surface area contributed by atoms with Crippen molar-refractivity contribution < 1.29 is 19.5 Å². The van der Waals surface area contributed by atoms with Crippen LogP contribution in [0, 0.1) is 0 Å². The first kappa shape index (κ1) is 19.4. The summed E-state index contributed by atoms with van der Waals surface area (Å²) in [4.78, 5) is 40.8. The van der Waals surface area contributed by atoms with Gasteiger partial charge in [0, 0.05) is 19.0 Å². The molecule has 6 nitrogen and oxygen atoms in total. The Bertz CT molecular complexity index is 1080. The van der Waals surface area contributed by atoms with Crippen molar-refractivity contribution in [2.75, 3.05) is 11.9 Å². The van der Waals surface area contributed by atoms with E-state index >= 15 is 0 Å². The van der Waals surface area contributed by atoms with Crippen LogP contribution in [0.15, 0.2) is 59.5 Å². The molecule has 1 saturated heterocycles. The maximum atomic E-state index is 13.2. The molecule has 0 bridgehead atoms. The van der Waals surface area contributed by atoms with Gasteiger partial charge in [0.25, 0.3) is 11.8 Å². The summed E-state index contributed by atoms with van der Waals surface area (Å²) in [5.74, 6) is -2.00. The van der Waals surface area contributed by atoms with Crippen molar-refractivity contribution in [1.82, 2.24) is 4.90 Å². The molecule has 0 aromatic heterocycles. The number of carbonyl (C=O) groups is 3. The fourth-order valence-electron chi connectivity index (χ4n) is 3.51. The van der Waals surface area contributed by atoms with Crippen LogP contribution in [0.3, 0.4) is 0 Å². The number of para-hydroxylation sites is 1. The fraction of sp³-hybridized carbons (Fsp3) is 0.143. The molecule has 0 unspecified atom stereocenters. The molecule has 8 heteroatoms. The van der Waals surface area contributed by atoms with E-state index in [1.165, 1.54) is 4.90 Å². The Morgan fingerprint density at radius 2 is 1.72 bits per heavy atom. The van der Waals surface area contributed by atoms with Gasteiger partial charge in [-0.2, -0.15) is 0 Å². The molecule has 2 heterocycles. The number of anilines is 1. The van der Waals surface area contributed by atoms with Crippen molar-refractivity contribution in [3.63, 3.8) is 0 Å². The van der Waals surface area contributed by atoms with E-state index in [0.29, 0.717) is 11.3 Å². The SMILES string of the molecule is CN1C(=O)/C(=C2\SC(=S)N([C@@H](Cc3ccccc3)C(=O)O)C2=O)c2ccccc21. The summed E-state index contributed by atoms with van der Waals surface area (Å²) in [6, 6.07) is 15.1. The minimum absolute atomic E-state index is 0.121. The monoisotopic (exact) mass is 424 g/mol. The Morgan fingerprint density at radius 3 is 2.41 bits per heavy atom. The number of amides is 2. The molecular weight excluding hydrogens is 408 g/mol. The Hall–Kier alpha value is -2.97. The van der Waals surface area contributed by atoms with Crippen LogP contribution in [-0.4, -0.2) is 45.2 Å². The van der Waals surface area contributed by atoms with E-state index in [2.05, 4.69) is 0 Å². The van der Waals surface area contributed by atoms with E-state index in [0.717, 1.165) is 22.2 Å². The second kappa shape index (κ2) is 7.46. The van der Waals surface area contributed by atoms with Gasteiger partial charge >= 0.3 is 5.97 Å². The van der Waals surface area contributed by atoms with E-state index in [1.54, 1.807) is 37.4 Å². The van der Waals surface area contributed by atoms with E-state index in [9.17, 15) is 19.5 Å². The molecule has 4 rings (SSSR count). The number of carboxylic acid groups (broad SMARTS) is 1. The molecule has 2 aromatic carbocycles. The quantitative estimate of drug-likeness (QED) is 0.601. The van der Waals surface area contributed by atoms with Gasteiger partial charge in [-0.05, 0) is 11.6 Å². The van der Waals surface area contributed by atoms with Gasteiger partial charge in [-0.25, -0.2) is 4.79 Å². The second-order valence-corrected chi connectivity index (χ2v) is 8.32. The number of nitrogens with zero attached hydrogens (tertiary/aromatic N) is 2. The van der Waals surface area contributed by atoms with Crippen molar-refractivity contribution in [2.24, 2.45) is 0 Å². The van der Waals surface area contributed by atoms with E-state index in [-0.39, 0.29) is 27.1 Å². The average molecular weight is 425 g/mol. The predicted molar refractivity (Wildman–Crippen MR) is 115 cm³/mol. The Labute approximate surface area is 176 Å². The molecule has 0 saturated carbocycles. The summed E-state index contributed by atoms with van der Waals surface area (Å²) in [5.41, 5.74) is 2.41. The van der Waals surface area contributed by atoms with Crippen LogP contribution in [0.5, 0.6) is 0 Å². The topological polar surface area (TPSA) is 77.9 Å². The molecule has 1 fully saturated rings. The van der Waals surface area contributed by atoms with Gasteiger partial charge in [0.15, 0.2) is 0 Å². The molecule has 0 spiro atoms. The van der Waals surface area contributed by atoms with Crippen molar-refractivity contribution in [2.45, 2.75) is 12.5 Å². The Balaban J connectivity index is 1.75. The normalized spacial score (nSPS) is 19.7. The summed E-state index contributed by atoms with van der Waals surface area (Å²) in [7, 11) is 1.64. The fourth-order valence-corrected chi connectivity index (χ4v) is 4.94. The molecule has 2 aliphatic rings. The van der Waals surface area contributed by atoms with Crippen molar-refractivity contribution >= 4 is 57.3 Å². The third kappa shape index (κ3) is 3.24. The molecule has 29 heavy (non-hydrogen) atoms. The van der Waals surface area contributed by atoms with Crippen molar-refractivity contribution in [3.05, 3.63) is 70.6 Å². The highest BCUT2D eigenvalue weighted by Gasteiger charge is 2.45. The Morgan fingerprint density at radius 1 is 1.07 bits per heavy atom. The van der Waals surface area contributed by atoms with Gasteiger partial charge in [0.2, 0.25) is 0 Å². The summed E-state index contributed by atoms with van der Waals surface area (Å²) in [6.45, 7) is 0.